The second kappa shape index (κ2) is 11.7. The number of guanidine groups is 1. The summed E-state index contributed by atoms with van der Waals surface area (Å²) in [6.07, 6.45) is 5.06. The molecule has 2 N–H and O–H groups in total. The van der Waals surface area contributed by atoms with Crippen molar-refractivity contribution in [2.45, 2.75) is 39.0 Å². The number of nitrogens with zero attached hydrogens (tertiary/aromatic N) is 1. The predicted octanol–water partition coefficient (Wildman–Crippen LogP) is 3.89. The lowest BCUT2D eigenvalue weighted by Crippen LogP contribution is -2.41. The summed E-state index contributed by atoms with van der Waals surface area (Å²) in [4.78, 5) is 4.70. The van der Waals surface area contributed by atoms with Gasteiger partial charge in [-0.1, -0.05) is 18.6 Å². The van der Waals surface area contributed by atoms with E-state index in [1.54, 1.807) is 13.2 Å². The van der Waals surface area contributed by atoms with Gasteiger partial charge in [0.05, 0.1) is 0 Å². The Labute approximate surface area is 172 Å². The lowest BCUT2D eigenvalue weighted by Gasteiger charge is -2.40. The first-order valence-corrected chi connectivity index (χ1v) is 9.04. The normalized spacial score (nSPS) is 15.8. The molecule has 4 nitrogen and oxygen atoms in total. The molecule has 0 radical (unpaired) electrons. The molecule has 0 saturated heterocycles. The molecule has 1 aliphatic carbocycles. The van der Waals surface area contributed by atoms with Gasteiger partial charge in [0, 0.05) is 33.4 Å². The number of methoxy groups -OCH3 is 1. The third-order valence-electron chi connectivity index (χ3n) is 4.89. The molecule has 148 valence electrons. The third-order valence-corrected chi connectivity index (χ3v) is 4.89. The molecule has 1 aromatic carbocycles. The average molecular weight is 481 g/mol. The molecule has 1 fully saturated rings. The Balaban J connectivity index is 0.00000338. The molecule has 0 aromatic heterocycles. The van der Waals surface area contributed by atoms with Crippen LogP contribution in [0.25, 0.3) is 0 Å². The van der Waals surface area contributed by atoms with Gasteiger partial charge in [0.15, 0.2) is 17.6 Å². The van der Waals surface area contributed by atoms with Crippen LogP contribution < -0.4 is 10.6 Å². The number of rotatable bonds is 9. The zero-order chi connectivity index (χ0) is 18.1. The van der Waals surface area contributed by atoms with Crippen LogP contribution in [0.3, 0.4) is 0 Å². The molecule has 1 saturated carbocycles. The molecule has 7 heteroatoms. The summed E-state index contributed by atoms with van der Waals surface area (Å²) < 4.78 is 32.1. The highest BCUT2D eigenvalue weighted by molar-refractivity contribution is 14.0. The van der Waals surface area contributed by atoms with Gasteiger partial charge < -0.3 is 15.4 Å². The fourth-order valence-electron chi connectivity index (χ4n) is 3.13. The third kappa shape index (κ3) is 6.64. The molecule has 2 rings (SSSR count). The number of aliphatic imine (C=N–C) groups is 1. The topological polar surface area (TPSA) is 45.7 Å². The van der Waals surface area contributed by atoms with Crippen LogP contribution in [0.15, 0.2) is 23.2 Å². The Hall–Kier alpha value is -0.960. The SMILES string of the molecule is CCNC(=NCC1(CCOC)CCC1)NCCc1cccc(F)c1F.I. The van der Waals surface area contributed by atoms with Crippen LogP contribution in [0, 0.1) is 17.0 Å². The van der Waals surface area contributed by atoms with Crippen LogP contribution in [0.4, 0.5) is 8.78 Å². The van der Waals surface area contributed by atoms with Crippen molar-refractivity contribution in [3.63, 3.8) is 0 Å². The molecule has 0 amide bonds. The van der Waals surface area contributed by atoms with Crippen molar-refractivity contribution in [2.75, 3.05) is 33.4 Å². The van der Waals surface area contributed by atoms with Gasteiger partial charge in [-0.05, 0) is 49.7 Å². The van der Waals surface area contributed by atoms with E-state index in [4.69, 9.17) is 9.73 Å². The Morgan fingerprint density at radius 3 is 2.65 bits per heavy atom. The largest absolute Gasteiger partial charge is 0.385 e. The number of benzene rings is 1. The predicted molar refractivity (Wildman–Crippen MR) is 112 cm³/mol. The van der Waals surface area contributed by atoms with E-state index < -0.39 is 11.6 Å². The monoisotopic (exact) mass is 481 g/mol. The van der Waals surface area contributed by atoms with Gasteiger partial charge in [-0.25, -0.2) is 8.78 Å². The molecule has 26 heavy (non-hydrogen) atoms. The molecule has 0 heterocycles. The molecular weight excluding hydrogens is 451 g/mol. The van der Waals surface area contributed by atoms with E-state index in [2.05, 4.69) is 10.6 Å². The van der Waals surface area contributed by atoms with Crippen LogP contribution in [-0.4, -0.2) is 39.3 Å². The van der Waals surface area contributed by atoms with Gasteiger partial charge in [0.2, 0.25) is 0 Å². The smallest absolute Gasteiger partial charge is 0.191 e. The minimum Gasteiger partial charge on any atom is -0.385 e. The zero-order valence-electron chi connectivity index (χ0n) is 15.6. The maximum atomic E-state index is 13.7. The van der Waals surface area contributed by atoms with E-state index in [1.165, 1.54) is 25.3 Å². The van der Waals surface area contributed by atoms with E-state index in [1.807, 2.05) is 6.92 Å². The van der Waals surface area contributed by atoms with Crippen molar-refractivity contribution in [3.8, 4) is 0 Å². The second-order valence-corrected chi connectivity index (χ2v) is 6.68. The first-order valence-electron chi connectivity index (χ1n) is 9.04. The number of hydrogen-bond donors (Lipinski definition) is 2. The highest BCUT2D eigenvalue weighted by atomic mass is 127. The van der Waals surface area contributed by atoms with Crippen molar-refractivity contribution < 1.29 is 13.5 Å². The minimum absolute atomic E-state index is 0. The van der Waals surface area contributed by atoms with Crippen LogP contribution in [0.2, 0.25) is 0 Å². The maximum Gasteiger partial charge on any atom is 0.191 e. The first kappa shape index (κ1) is 23.1. The number of nitrogens with one attached hydrogen (secondary N) is 2. The summed E-state index contributed by atoms with van der Waals surface area (Å²) in [6.45, 7) is 4.79. The van der Waals surface area contributed by atoms with Crippen molar-refractivity contribution >= 4 is 29.9 Å². The summed E-state index contributed by atoms with van der Waals surface area (Å²) in [7, 11) is 1.73. The maximum absolute atomic E-state index is 13.7. The summed E-state index contributed by atoms with van der Waals surface area (Å²) in [6, 6.07) is 4.28. The quantitative estimate of drug-likeness (QED) is 0.320. The summed E-state index contributed by atoms with van der Waals surface area (Å²) >= 11 is 0. The highest BCUT2D eigenvalue weighted by Gasteiger charge is 2.36. The van der Waals surface area contributed by atoms with Crippen LogP contribution in [-0.2, 0) is 11.2 Å². The zero-order valence-corrected chi connectivity index (χ0v) is 17.9. The summed E-state index contributed by atoms with van der Waals surface area (Å²) in [5.74, 6) is -0.842. The van der Waals surface area contributed by atoms with Gasteiger partial charge in [-0.15, -0.1) is 24.0 Å². The van der Waals surface area contributed by atoms with E-state index in [0.29, 0.717) is 18.5 Å². The Morgan fingerprint density at radius 1 is 1.27 bits per heavy atom. The van der Waals surface area contributed by atoms with Gasteiger partial charge in [-0.2, -0.15) is 0 Å². The van der Waals surface area contributed by atoms with Gasteiger partial charge in [0.25, 0.3) is 0 Å². The van der Waals surface area contributed by atoms with Crippen molar-refractivity contribution in [2.24, 2.45) is 10.4 Å². The Morgan fingerprint density at radius 2 is 2.04 bits per heavy atom. The Kier molecular flexibility index (Phi) is 10.4. The van der Waals surface area contributed by atoms with Gasteiger partial charge >= 0.3 is 0 Å². The van der Waals surface area contributed by atoms with Crippen LogP contribution >= 0.6 is 24.0 Å². The molecule has 0 spiro atoms. The first-order chi connectivity index (χ1) is 12.1. The van der Waals surface area contributed by atoms with E-state index in [0.717, 1.165) is 38.1 Å². The molecule has 0 bridgehead atoms. The van der Waals surface area contributed by atoms with Crippen molar-refractivity contribution in [3.05, 3.63) is 35.4 Å². The molecule has 1 aromatic rings. The molecule has 0 unspecified atom stereocenters. The van der Waals surface area contributed by atoms with Gasteiger partial charge in [0.1, 0.15) is 0 Å². The number of hydrogen-bond acceptors (Lipinski definition) is 2. The Bertz CT molecular complexity index is 580. The molecule has 0 aliphatic heterocycles. The van der Waals surface area contributed by atoms with Gasteiger partial charge in [-0.3, -0.25) is 4.99 Å². The summed E-state index contributed by atoms with van der Waals surface area (Å²) in [5, 5.41) is 6.42. The summed E-state index contributed by atoms with van der Waals surface area (Å²) in [5.41, 5.74) is 0.631. The van der Waals surface area contributed by atoms with Crippen LogP contribution in [0.1, 0.15) is 38.2 Å². The average Bonchev–Trinajstić information content (AvgIpc) is 2.57. The van der Waals surface area contributed by atoms with Crippen molar-refractivity contribution in [1.29, 1.82) is 0 Å². The highest BCUT2D eigenvalue weighted by Crippen LogP contribution is 2.44. The van der Waals surface area contributed by atoms with Crippen LogP contribution in [0.5, 0.6) is 0 Å². The number of ether oxygens (including phenoxy) is 1. The second-order valence-electron chi connectivity index (χ2n) is 6.68. The van der Waals surface area contributed by atoms with Crippen molar-refractivity contribution in [1.82, 2.24) is 10.6 Å². The number of halogens is 3. The van der Waals surface area contributed by atoms with E-state index in [9.17, 15) is 8.78 Å². The minimum atomic E-state index is -0.803. The van der Waals surface area contributed by atoms with E-state index >= 15 is 0 Å². The van der Waals surface area contributed by atoms with E-state index in [-0.39, 0.29) is 29.4 Å². The fraction of sp³-hybridized carbons (Fsp3) is 0.632. The molecular formula is C19H30F2IN3O. The lowest BCUT2D eigenvalue weighted by atomic mass is 9.67. The standard InChI is InChI=1S/C19H29F2N3O.HI/c1-3-22-18(24-14-19(9-5-10-19)11-13-25-2)23-12-8-15-6-4-7-16(20)17(15)21;/h4,6-7H,3,5,8-14H2,1-2H3,(H2,22,23,24);1H. The molecule has 1 aliphatic rings. The molecule has 0 atom stereocenters. The fourth-order valence-corrected chi connectivity index (χ4v) is 3.13. The lowest BCUT2D eigenvalue weighted by molar-refractivity contribution is 0.0778.